The molecule has 0 aliphatic heterocycles. The second kappa shape index (κ2) is 17.4. The smallest absolute Gasteiger partial charge is 0.211 e. The maximum Gasteiger partial charge on any atom is 0.211 e. The summed E-state index contributed by atoms with van der Waals surface area (Å²) >= 11 is 0. The van der Waals surface area contributed by atoms with Crippen molar-refractivity contribution in [3.05, 3.63) is 24.3 Å². The number of sulfonamides is 1. The minimum Gasteiger partial charge on any atom is -0.491 e. The van der Waals surface area contributed by atoms with Crippen LogP contribution in [0.3, 0.4) is 0 Å². The molecule has 0 radical (unpaired) electrons. The summed E-state index contributed by atoms with van der Waals surface area (Å²) in [6, 6.07) is 7.59. The number of nitrogens with one attached hydrogen (secondary N) is 3. The number of anilines is 1. The Morgan fingerprint density at radius 2 is 1.81 bits per heavy atom. The zero-order valence-corrected chi connectivity index (χ0v) is 22.0. The van der Waals surface area contributed by atoms with E-state index >= 15 is 0 Å². The minimum absolute atomic E-state index is 0. The van der Waals surface area contributed by atoms with Crippen LogP contribution in [-0.2, 0) is 19.5 Å². The van der Waals surface area contributed by atoms with Crippen molar-refractivity contribution >= 4 is 45.6 Å². The molecule has 0 bridgehead atoms. The largest absolute Gasteiger partial charge is 0.491 e. The average molecular weight is 573 g/mol. The topological polar surface area (TPSA) is 110 Å². The van der Waals surface area contributed by atoms with Crippen LogP contribution in [0.15, 0.2) is 29.3 Å². The molecule has 180 valence electrons. The number of ether oxygens (including phenoxy) is 3. The number of nitrogens with zero attached hydrogens (tertiary/aromatic N) is 1. The number of rotatable bonds is 15. The maximum atomic E-state index is 11.5. The Bertz CT molecular complexity index is 715. The molecule has 0 atom stereocenters. The molecule has 9 nitrogen and oxygen atoms in total. The van der Waals surface area contributed by atoms with Crippen molar-refractivity contribution in [2.45, 2.75) is 33.3 Å². The predicted molar refractivity (Wildman–Crippen MR) is 136 cm³/mol. The van der Waals surface area contributed by atoms with Gasteiger partial charge in [-0.3, -0.25) is 4.99 Å². The van der Waals surface area contributed by atoms with Crippen molar-refractivity contribution in [2.24, 2.45) is 4.99 Å². The normalized spacial score (nSPS) is 11.8. The molecule has 1 rings (SSSR count). The van der Waals surface area contributed by atoms with E-state index in [2.05, 4.69) is 20.3 Å². The fourth-order valence-corrected chi connectivity index (χ4v) is 2.87. The molecule has 0 fully saturated rings. The first kappa shape index (κ1) is 29.9. The van der Waals surface area contributed by atoms with Crippen LogP contribution in [0.4, 0.5) is 5.69 Å². The Balaban J connectivity index is 0.00000900. The Morgan fingerprint density at radius 1 is 1.10 bits per heavy atom. The summed E-state index contributed by atoms with van der Waals surface area (Å²) in [4.78, 5) is 4.54. The number of methoxy groups -OCH3 is 1. The lowest BCUT2D eigenvalue weighted by atomic mass is 10.3. The Kier molecular flexibility index (Phi) is 16.8. The van der Waals surface area contributed by atoms with Gasteiger partial charge in [-0.05, 0) is 51.5 Å². The number of hydrogen-bond donors (Lipinski definition) is 3. The summed E-state index contributed by atoms with van der Waals surface area (Å²) in [5, 5.41) is 6.37. The Labute approximate surface area is 203 Å². The third-order valence-corrected chi connectivity index (χ3v) is 5.16. The minimum atomic E-state index is -3.21. The van der Waals surface area contributed by atoms with Crippen LogP contribution in [-0.4, -0.2) is 72.8 Å². The van der Waals surface area contributed by atoms with Gasteiger partial charge in [0.1, 0.15) is 5.75 Å². The van der Waals surface area contributed by atoms with Gasteiger partial charge in [-0.25, -0.2) is 13.1 Å². The van der Waals surface area contributed by atoms with Gasteiger partial charge in [0.25, 0.3) is 0 Å². The number of halogens is 1. The van der Waals surface area contributed by atoms with Crippen molar-refractivity contribution < 1.29 is 22.6 Å². The van der Waals surface area contributed by atoms with Crippen LogP contribution >= 0.6 is 24.0 Å². The van der Waals surface area contributed by atoms with Gasteiger partial charge in [-0.15, -0.1) is 24.0 Å². The first-order chi connectivity index (χ1) is 14.4. The van der Waals surface area contributed by atoms with Gasteiger partial charge < -0.3 is 24.8 Å². The molecule has 1 aromatic rings. The predicted octanol–water partition coefficient (Wildman–Crippen LogP) is 2.44. The standard InChI is InChI=1S/C20H36N4O5S.HI/c1-5-30(25,26)23-13-12-22-20(21-11-6-14-28-16-15-27-4)24-18-7-9-19(10-8-18)29-17(2)3;/h7-10,17,23H,5-6,11-16H2,1-4H3,(H2,21,22,24);1H. The molecule has 3 N–H and O–H groups in total. The average Bonchev–Trinajstić information content (AvgIpc) is 2.71. The molecule has 0 aliphatic rings. The van der Waals surface area contributed by atoms with Gasteiger partial charge in [-0.1, -0.05) is 0 Å². The van der Waals surface area contributed by atoms with Gasteiger partial charge in [-0.2, -0.15) is 0 Å². The fraction of sp³-hybridized carbons (Fsp3) is 0.650. The first-order valence-corrected chi connectivity index (χ1v) is 11.9. The molecule has 0 aliphatic carbocycles. The third-order valence-electron chi connectivity index (χ3n) is 3.76. The lowest BCUT2D eigenvalue weighted by molar-refractivity contribution is 0.0702. The molecule has 11 heteroatoms. The van der Waals surface area contributed by atoms with Crippen molar-refractivity contribution in [2.75, 3.05) is 57.6 Å². The van der Waals surface area contributed by atoms with Gasteiger partial charge in [0.2, 0.25) is 10.0 Å². The zero-order chi connectivity index (χ0) is 22.2. The van der Waals surface area contributed by atoms with E-state index in [-0.39, 0.29) is 42.4 Å². The summed E-state index contributed by atoms with van der Waals surface area (Å²) in [5.74, 6) is 1.42. The highest BCUT2D eigenvalue weighted by Crippen LogP contribution is 2.16. The van der Waals surface area contributed by atoms with E-state index in [1.165, 1.54) is 0 Å². The van der Waals surface area contributed by atoms with E-state index < -0.39 is 10.0 Å². The van der Waals surface area contributed by atoms with Crippen LogP contribution in [0.25, 0.3) is 0 Å². The van der Waals surface area contributed by atoms with Crippen molar-refractivity contribution in [1.82, 2.24) is 10.0 Å². The van der Waals surface area contributed by atoms with Gasteiger partial charge in [0.15, 0.2) is 5.96 Å². The van der Waals surface area contributed by atoms with Crippen LogP contribution < -0.4 is 20.1 Å². The van der Waals surface area contributed by atoms with Gasteiger partial charge in [0, 0.05) is 39.0 Å². The second-order valence-electron chi connectivity index (χ2n) is 6.73. The molecule has 0 saturated heterocycles. The Hall–Kier alpha value is -1.15. The van der Waals surface area contributed by atoms with E-state index in [0.717, 1.165) is 17.9 Å². The second-order valence-corrected chi connectivity index (χ2v) is 8.83. The van der Waals surface area contributed by atoms with E-state index in [1.807, 2.05) is 38.1 Å². The zero-order valence-electron chi connectivity index (χ0n) is 18.8. The summed E-state index contributed by atoms with van der Waals surface area (Å²) in [6.07, 6.45) is 0.876. The van der Waals surface area contributed by atoms with E-state index in [4.69, 9.17) is 14.2 Å². The van der Waals surface area contributed by atoms with E-state index in [0.29, 0.717) is 38.9 Å². The molecule has 0 saturated carbocycles. The molecule has 1 aromatic carbocycles. The highest BCUT2D eigenvalue weighted by Gasteiger charge is 2.06. The quantitative estimate of drug-likeness (QED) is 0.128. The van der Waals surface area contributed by atoms with Gasteiger partial charge >= 0.3 is 0 Å². The summed E-state index contributed by atoms with van der Waals surface area (Å²) in [5.41, 5.74) is 0.850. The molecule has 0 aromatic heterocycles. The van der Waals surface area contributed by atoms with Crippen molar-refractivity contribution in [1.29, 1.82) is 0 Å². The lowest BCUT2D eigenvalue weighted by Gasteiger charge is -2.14. The molecule has 0 unspecified atom stereocenters. The molecular weight excluding hydrogens is 535 g/mol. The van der Waals surface area contributed by atoms with E-state index in [1.54, 1.807) is 14.0 Å². The lowest BCUT2D eigenvalue weighted by Crippen LogP contribution is -2.38. The van der Waals surface area contributed by atoms with Crippen LogP contribution in [0.5, 0.6) is 5.75 Å². The molecule has 0 amide bonds. The van der Waals surface area contributed by atoms with Gasteiger partial charge in [0.05, 0.1) is 25.1 Å². The third kappa shape index (κ3) is 15.3. The molecular formula is C20H37IN4O5S. The molecule has 0 heterocycles. The van der Waals surface area contributed by atoms with Crippen LogP contribution in [0.1, 0.15) is 27.2 Å². The monoisotopic (exact) mass is 572 g/mol. The van der Waals surface area contributed by atoms with Crippen LogP contribution in [0, 0.1) is 0 Å². The summed E-state index contributed by atoms with van der Waals surface area (Å²) < 4.78 is 41.6. The highest BCUT2D eigenvalue weighted by molar-refractivity contribution is 14.0. The van der Waals surface area contributed by atoms with Crippen LogP contribution in [0.2, 0.25) is 0 Å². The summed E-state index contributed by atoms with van der Waals surface area (Å²) in [6.45, 7) is 8.54. The summed E-state index contributed by atoms with van der Waals surface area (Å²) in [7, 11) is -1.58. The SMILES string of the molecule is CCS(=O)(=O)NCCNC(=NCCCOCCOC)Nc1ccc(OC(C)C)cc1.I. The molecule has 31 heavy (non-hydrogen) atoms. The van der Waals surface area contributed by atoms with Crippen molar-refractivity contribution in [3.8, 4) is 5.75 Å². The number of hydrogen-bond acceptors (Lipinski definition) is 6. The number of guanidine groups is 1. The molecule has 0 spiro atoms. The Morgan fingerprint density at radius 3 is 2.42 bits per heavy atom. The fourth-order valence-electron chi connectivity index (χ4n) is 2.26. The highest BCUT2D eigenvalue weighted by atomic mass is 127. The number of aliphatic imine (C=N–C) groups is 1. The maximum absolute atomic E-state index is 11.5. The van der Waals surface area contributed by atoms with Crippen molar-refractivity contribution in [3.63, 3.8) is 0 Å². The number of benzene rings is 1. The first-order valence-electron chi connectivity index (χ1n) is 10.2. The van der Waals surface area contributed by atoms with E-state index in [9.17, 15) is 8.42 Å².